The highest BCUT2D eigenvalue weighted by molar-refractivity contribution is 6.04. The quantitative estimate of drug-likeness (QED) is 0.320. The fourth-order valence-corrected chi connectivity index (χ4v) is 4.53. The summed E-state index contributed by atoms with van der Waals surface area (Å²) in [5, 5.41) is 8.19. The number of nitrogens with one attached hydrogen (secondary N) is 1. The minimum atomic E-state index is -0.460. The lowest BCUT2D eigenvalue weighted by molar-refractivity contribution is 0.130. The first-order chi connectivity index (χ1) is 16.5. The summed E-state index contributed by atoms with van der Waals surface area (Å²) in [6, 6.07) is 16.4. The van der Waals surface area contributed by atoms with E-state index >= 15 is 0 Å². The van der Waals surface area contributed by atoms with Gasteiger partial charge < -0.3 is 18.6 Å². The van der Waals surface area contributed by atoms with Crippen molar-refractivity contribution >= 4 is 22.7 Å². The number of aromatic nitrogens is 2. The summed E-state index contributed by atoms with van der Waals surface area (Å²) in [4.78, 5) is 12.0. The molecule has 0 radical (unpaired) electrons. The molecule has 2 heterocycles. The van der Waals surface area contributed by atoms with E-state index < -0.39 is 6.09 Å². The Kier molecular flexibility index (Phi) is 6.01. The maximum atomic E-state index is 12.0. The van der Waals surface area contributed by atoms with E-state index in [4.69, 9.17) is 14.0 Å². The molecule has 2 aromatic carbocycles. The van der Waals surface area contributed by atoms with Crippen LogP contribution in [0.4, 0.5) is 10.5 Å². The Labute approximate surface area is 198 Å². The molecule has 4 aromatic rings. The lowest BCUT2D eigenvalue weighted by atomic mass is 9.92. The highest BCUT2D eigenvalue weighted by atomic mass is 16.6. The van der Waals surface area contributed by atoms with Crippen molar-refractivity contribution in [3.05, 3.63) is 54.8 Å². The van der Waals surface area contributed by atoms with Gasteiger partial charge in [0.25, 0.3) is 0 Å². The van der Waals surface area contributed by atoms with Crippen LogP contribution in [-0.4, -0.2) is 28.5 Å². The molecule has 1 N–H and O–H groups in total. The monoisotopic (exact) mass is 459 g/mol. The topological polar surface area (TPSA) is 78.5 Å². The third-order valence-corrected chi connectivity index (χ3v) is 6.17. The number of amides is 1. The predicted octanol–water partition coefficient (Wildman–Crippen LogP) is 7.04. The third-order valence-electron chi connectivity index (χ3n) is 6.17. The van der Waals surface area contributed by atoms with Crippen molar-refractivity contribution < 1.29 is 18.8 Å². The van der Waals surface area contributed by atoms with Gasteiger partial charge in [-0.05, 0) is 69.9 Å². The van der Waals surface area contributed by atoms with Gasteiger partial charge in [0.2, 0.25) is 0 Å². The van der Waals surface area contributed by atoms with E-state index in [1.807, 2.05) is 57.2 Å². The minimum absolute atomic E-state index is 0.177. The second kappa shape index (κ2) is 9.25. The second-order valence-electron chi connectivity index (χ2n) is 8.83. The zero-order chi connectivity index (χ0) is 23.7. The largest absolute Gasteiger partial charge is 0.494 e. The van der Waals surface area contributed by atoms with Crippen LogP contribution in [0.5, 0.6) is 5.75 Å². The van der Waals surface area contributed by atoms with Gasteiger partial charge in [-0.15, -0.1) is 0 Å². The fourth-order valence-electron chi connectivity index (χ4n) is 4.53. The van der Waals surface area contributed by atoms with Gasteiger partial charge in [0, 0.05) is 34.8 Å². The first-order valence-electron chi connectivity index (χ1n) is 11.8. The summed E-state index contributed by atoms with van der Waals surface area (Å²) in [7, 11) is 0. The Bertz CT molecular complexity index is 1290. The first kappa shape index (κ1) is 22.1. The van der Waals surface area contributed by atoms with Gasteiger partial charge in [-0.1, -0.05) is 17.3 Å². The smallest absolute Gasteiger partial charge is 0.411 e. The van der Waals surface area contributed by atoms with Crippen LogP contribution < -0.4 is 10.1 Å². The minimum Gasteiger partial charge on any atom is -0.494 e. The standard InChI is InChI=1S/C27H29N3O4/c1-4-32-21-12-13-22-24(16-21)30(20-6-5-7-20)26(25(22)23-14-15-33-29-23)18-8-10-19(11-9-18)28-27(31)34-17(2)3/h8-17,20H,4-7H2,1-3H3,(H,28,31). The van der Waals surface area contributed by atoms with Crippen LogP contribution in [0, 0.1) is 0 Å². The van der Waals surface area contributed by atoms with Crippen LogP contribution in [0.3, 0.4) is 0 Å². The van der Waals surface area contributed by atoms with Crippen LogP contribution in [0.15, 0.2) is 59.3 Å². The molecular formula is C27H29N3O4. The Balaban J connectivity index is 1.65. The van der Waals surface area contributed by atoms with Gasteiger partial charge in [-0.2, -0.15) is 0 Å². The zero-order valence-corrected chi connectivity index (χ0v) is 19.7. The van der Waals surface area contributed by atoms with Gasteiger partial charge in [0.1, 0.15) is 17.7 Å². The molecule has 7 nitrogen and oxygen atoms in total. The SMILES string of the molecule is CCOc1ccc2c(-c3ccon3)c(-c3ccc(NC(=O)OC(C)C)cc3)n(C3CCC3)c2c1. The molecule has 1 amide bonds. The van der Waals surface area contributed by atoms with E-state index in [-0.39, 0.29) is 6.10 Å². The number of anilines is 1. The Morgan fingerprint density at radius 1 is 1.18 bits per heavy atom. The molecule has 1 aliphatic carbocycles. The predicted molar refractivity (Wildman–Crippen MR) is 132 cm³/mol. The number of carbonyl (C=O) groups excluding carboxylic acids is 1. The maximum Gasteiger partial charge on any atom is 0.411 e. The Hall–Kier alpha value is -3.74. The second-order valence-corrected chi connectivity index (χ2v) is 8.83. The highest BCUT2D eigenvalue weighted by Gasteiger charge is 2.29. The van der Waals surface area contributed by atoms with Crippen molar-refractivity contribution in [1.82, 2.24) is 9.72 Å². The average Bonchev–Trinajstić information content (AvgIpc) is 3.39. The van der Waals surface area contributed by atoms with Gasteiger partial charge in [0.15, 0.2) is 0 Å². The van der Waals surface area contributed by atoms with E-state index in [1.165, 1.54) is 6.42 Å². The summed E-state index contributed by atoms with van der Waals surface area (Å²) < 4.78 is 18.7. The van der Waals surface area contributed by atoms with Crippen molar-refractivity contribution in [1.29, 1.82) is 0 Å². The van der Waals surface area contributed by atoms with Crippen LogP contribution in [0.1, 0.15) is 46.1 Å². The average molecular weight is 460 g/mol. The number of benzene rings is 2. The molecule has 1 saturated carbocycles. The molecule has 0 bridgehead atoms. The third kappa shape index (κ3) is 4.14. The van der Waals surface area contributed by atoms with E-state index in [9.17, 15) is 4.79 Å². The number of fused-ring (bicyclic) bond motifs is 1. The van der Waals surface area contributed by atoms with Gasteiger partial charge >= 0.3 is 6.09 Å². The molecule has 0 aliphatic heterocycles. The van der Waals surface area contributed by atoms with Gasteiger partial charge in [-0.25, -0.2) is 4.79 Å². The van der Waals surface area contributed by atoms with Crippen molar-refractivity contribution in [3.63, 3.8) is 0 Å². The van der Waals surface area contributed by atoms with E-state index in [2.05, 4.69) is 27.2 Å². The van der Waals surface area contributed by atoms with Crippen LogP contribution in [0.25, 0.3) is 33.4 Å². The van der Waals surface area contributed by atoms with Crippen molar-refractivity contribution in [3.8, 4) is 28.3 Å². The van der Waals surface area contributed by atoms with E-state index in [0.29, 0.717) is 18.3 Å². The molecule has 34 heavy (non-hydrogen) atoms. The molecular weight excluding hydrogens is 430 g/mol. The maximum absolute atomic E-state index is 12.0. The van der Waals surface area contributed by atoms with Crippen molar-refractivity contribution in [2.24, 2.45) is 0 Å². The van der Waals surface area contributed by atoms with E-state index in [0.717, 1.165) is 52.0 Å². The summed E-state index contributed by atoms with van der Waals surface area (Å²) >= 11 is 0. The van der Waals surface area contributed by atoms with E-state index in [1.54, 1.807) is 6.26 Å². The lowest BCUT2D eigenvalue weighted by Crippen LogP contribution is -2.18. The Morgan fingerprint density at radius 2 is 1.97 bits per heavy atom. The first-order valence-corrected chi connectivity index (χ1v) is 11.8. The van der Waals surface area contributed by atoms with Crippen molar-refractivity contribution in [2.45, 2.75) is 52.2 Å². The lowest BCUT2D eigenvalue weighted by Gasteiger charge is -2.30. The number of nitrogens with zero attached hydrogens (tertiary/aromatic N) is 2. The molecule has 1 aliphatic rings. The normalized spacial score (nSPS) is 13.8. The molecule has 5 rings (SSSR count). The van der Waals surface area contributed by atoms with Gasteiger partial charge in [-0.3, -0.25) is 5.32 Å². The number of ether oxygens (including phenoxy) is 2. The number of carbonyl (C=O) groups is 1. The van der Waals surface area contributed by atoms with Crippen LogP contribution in [0.2, 0.25) is 0 Å². The molecule has 176 valence electrons. The van der Waals surface area contributed by atoms with Gasteiger partial charge in [0.05, 0.1) is 23.9 Å². The molecule has 0 spiro atoms. The number of hydrogen-bond acceptors (Lipinski definition) is 5. The van der Waals surface area contributed by atoms with Crippen molar-refractivity contribution in [2.75, 3.05) is 11.9 Å². The molecule has 2 aromatic heterocycles. The van der Waals surface area contributed by atoms with Crippen LogP contribution in [-0.2, 0) is 4.74 Å². The number of hydrogen-bond donors (Lipinski definition) is 1. The fraction of sp³-hybridized carbons (Fsp3) is 0.333. The zero-order valence-electron chi connectivity index (χ0n) is 19.7. The number of rotatable bonds is 7. The summed E-state index contributed by atoms with van der Waals surface area (Å²) in [5.41, 5.74) is 5.79. The molecule has 7 heteroatoms. The van der Waals surface area contributed by atoms with Crippen LogP contribution >= 0.6 is 0 Å². The summed E-state index contributed by atoms with van der Waals surface area (Å²) in [5.74, 6) is 0.856. The molecule has 0 unspecified atom stereocenters. The highest BCUT2D eigenvalue weighted by Crippen LogP contribution is 2.47. The summed E-state index contributed by atoms with van der Waals surface area (Å²) in [6.45, 7) is 6.26. The Morgan fingerprint density at radius 3 is 2.59 bits per heavy atom. The molecule has 0 saturated heterocycles. The summed E-state index contributed by atoms with van der Waals surface area (Å²) in [6.07, 6.45) is 4.45. The molecule has 1 fully saturated rings. The molecule has 0 atom stereocenters.